The van der Waals surface area contributed by atoms with Crippen LogP contribution in [0.2, 0.25) is 0 Å². The maximum absolute atomic E-state index is 15.4. The van der Waals surface area contributed by atoms with Crippen molar-refractivity contribution in [2.45, 2.75) is 65.2 Å². The van der Waals surface area contributed by atoms with Gasteiger partial charge in [-0.1, -0.05) is 26.0 Å². The fourth-order valence-electron chi connectivity index (χ4n) is 5.91. The van der Waals surface area contributed by atoms with Gasteiger partial charge in [-0.3, -0.25) is 4.90 Å². The number of amides is 1. The van der Waals surface area contributed by atoms with Crippen LogP contribution in [-0.2, 0) is 11.2 Å². The standard InChI is InChI=1S/C28H35FN2O3/c1-17(2)33-21-7-5-6-19(12-21)22-13-20-15-28(3,4)26(23(20)14-24(22)29)30-27(32)34-25-16-31-10-8-18(25)9-11-31/h5-7,12-14,17-18,25-26H,8-11,15-16H2,1-4H3,(H,30,32)/t25-,26+/m1/s1. The van der Waals surface area contributed by atoms with Crippen molar-refractivity contribution in [1.29, 1.82) is 0 Å². The largest absolute Gasteiger partial charge is 0.491 e. The molecule has 0 unspecified atom stereocenters. The van der Waals surface area contributed by atoms with E-state index in [2.05, 4.69) is 24.1 Å². The third-order valence-electron chi connectivity index (χ3n) is 7.60. The smallest absolute Gasteiger partial charge is 0.407 e. The Kier molecular flexibility index (Phi) is 6.05. The zero-order valence-electron chi connectivity index (χ0n) is 20.6. The van der Waals surface area contributed by atoms with Gasteiger partial charge in [-0.25, -0.2) is 9.18 Å². The highest BCUT2D eigenvalue weighted by atomic mass is 19.1. The van der Waals surface area contributed by atoms with Crippen LogP contribution in [0.3, 0.4) is 0 Å². The van der Waals surface area contributed by atoms with Crippen molar-refractivity contribution in [3.05, 3.63) is 53.3 Å². The Morgan fingerprint density at radius 2 is 1.94 bits per heavy atom. The monoisotopic (exact) mass is 466 g/mol. The van der Waals surface area contributed by atoms with E-state index in [1.54, 1.807) is 6.07 Å². The number of hydrogen-bond donors (Lipinski definition) is 1. The normalized spacial score (nSPS) is 26.9. The average molecular weight is 467 g/mol. The van der Waals surface area contributed by atoms with Gasteiger partial charge in [0.15, 0.2) is 0 Å². The number of carbonyl (C=O) groups is 1. The molecule has 3 fully saturated rings. The molecule has 2 aromatic carbocycles. The van der Waals surface area contributed by atoms with Crippen LogP contribution < -0.4 is 10.1 Å². The summed E-state index contributed by atoms with van der Waals surface area (Å²) in [5.41, 5.74) is 2.99. The van der Waals surface area contributed by atoms with Gasteiger partial charge in [0, 0.05) is 12.1 Å². The van der Waals surface area contributed by atoms with Crippen LogP contribution in [0, 0.1) is 17.2 Å². The highest BCUT2D eigenvalue weighted by Crippen LogP contribution is 2.47. The Hall–Kier alpha value is -2.60. The predicted octanol–water partition coefficient (Wildman–Crippen LogP) is 5.72. The molecule has 0 spiro atoms. The summed E-state index contributed by atoms with van der Waals surface area (Å²) in [7, 11) is 0. The predicted molar refractivity (Wildman–Crippen MR) is 130 cm³/mol. The van der Waals surface area contributed by atoms with E-state index in [4.69, 9.17) is 9.47 Å². The van der Waals surface area contributed by atoms with E-state index in [9.17, 15) is 4.79 Å². The first kappa shape index (κ1) is 23.2. The van der Waals surface area contributed by atoms with Crippen LogP contribution in [0.5, 0.6) is 5.75 Å². The molecule has 0 saturated carbocycles. The summed E-state index contributed by atoms with van der Waals surface area (Å²) in [6.07, 6.45) is 2.54. The Morgan fingerprint density at radius 1 is 1.18 bits per heavy atom. The Balaban J connectivity index is 1.36. The third-order valence-corrected chi connectivity index (χ3v) is 7.60. The summed E-state index contributed by atoms with van der Waals surface area (Å²) in [5, 5.41) is 3.08. The van der Waals surface area contributed by atoms with Crippen LogP contribution in [0.4, 0.5) is 9.18 Å². The first-order chi connectivity index (χ1) is 16.2. The molecular formula is C28H35FN2O3. The second kappa shape index (κ2) is 8.88. The van der Waals surface area contributed by atoms with Gasteiger partial charge >= 0.3 is 6.09 Å². The van der Waals surface area contributed by atoms with E-state index in [-0.39, 0.29) is 29.5 Å². The number of halogens is 1. The third kappa shape index (κ3) is 4.52. The molecule has 0 aromatic heterocycles. The number of nitrogens with zero attached hydrogens (tertiary/aromatic N) is 1. The summed E-state index contributed by atoms with van der Waals surface area (Å²) in [6, 6.07) is 10.8. The molecule has 6 heteroatoms. The summed E-state index contributed by atoms with van der Waals surface area (Å²) in [4.78, 5) is 15.2. The molecular weight excluding hydrogens is 431 g/mol. The highest BCUT2D eigenvalue weighted by molar-refractivity contribution is 5.71. The molecule has 2 bridgehead atoms. The summed E-state index contributed by atoms with van der Waals surface area (Å²) < 4.78 is 27.0. The fraction of sp³-hybridized carbons (Fsp3) is 0.536. The molecule has 3 saturated heterocycles. The zero-order valence-corrected chi connectivity index (χ0v) is 20.6. The Bertz CT molecular complexity index is 1080. The van der Waals surface area contributed by atoms with Crippen molar-refractivity contribution >= 4 is 6.09 Å². The maximum atomic E-state index is 15.4. The number of alkyl carbamates (subject to hydrolysis) is 1. The van der Waals surface area contributed by atoms with Crippen molar-refractivity contribution in [3.63, 3.8) is 0 Å². The lowest BCUT2D eigenvalue weighted by atomic mass is 9.85. The van der Waals surface area contributed by atoms with Crippen LogP contribution in [0.25, 0.3) is 11.1 Å². The number of carbonyl (C=O) groups excluding carboxylic acids is 1. The first-order valence-electron chi connectivity index (χ1n) is 12.5. The van der Waals surface area contributed by atoms with Gasteiger partial charge in [-0.05, 0) is 98.5 Å². The zero-order chi connectivity index (χ0) is 24.0. The Morgan fingerprint density at radius 3 is 2.62 bits per heavy atom. The van der Waals surface area contributed by atoms with Gasteiger partial charge < -0.3 is 14.8 Å². The van der Waals surface area contributed by atoms with Crippen LogP contribution in [0.1, 0.15) is 57.7 Å². The molecule has 2 atom stereocenters. The van der Waals surface area contributed by atoms with E-state index >= 15 is 4.39 Å². The molecule has 2 aromatic rings. The molecule has 182 valence electrons. The quantitative estimate of drug-likeness (QED) is 0.612. The molecule has 1 amide bonds. The van der Waals surface area contributed by atoms with Gasteiger partial charge in [0.05, 0.1) is 12.1 Å². The number of rotatable bonds is 5. The molecule has 1 N–H and O–H groups in total. The highest BCUT2D eigenvalue weighted by Gasteiger charge is 2.42. The summed E-state index contributed by atoms with van der Waals surface area (Å²) in [6.45, 7) is 11.2. The van der Waals surface area contributed by atoms with Gasteiger partial charge in [0.1, 0.15) is 17.7 Å². The molecule has 6 rings (SSSR count). The molecule has 0 radical (unpaired) electrons. The molecule has 3 heterocycles. The summed E-state index contributed by atoms with van der Waals surface area (Å²) >= 11 is 0. The van der Waals surface area contributed by atoms with Gasteiger partial charge in [-0.2, -0.15) is 0 Å². The summed E-state index contributed by atoms with van der Waals surface area (Å²) in [5.74, 6) is 0.883. The minimum Gasteiger partial charge on any atom is -0.491 e. The molecule has 34 heavy (non-hydrogen) atoms. The molecule has 3 aliphatic heterocycles. The molecule has 5 nitrogen and oxygen atoms in total. The average Bonchev–Trinajstić information content (AvgIpc) is 3.02. The number of piperidine rings is 3. The second-order valence-corrected chi connectivity index (χ2v) is 11.0. The topological polar surface area (TPSA) is 50.8 Å². The van der Waals surface area contributed by atoms with Crippen LogP contribution in [-0.4, -0.2) is 42.8 Å². The second-order valence-electron chi connectivity index (χ2n) is 11.0. The number of hydrogen-bond acceptors (Lipinski definition) is 4. The van der Waals surface area contributed by atoms with Crippen molar-refractivity contribution in [2.75, 3.05) is 19.6 Å². The SMILES string of the molecule is CC(C)Oc1cccc(-c2cc3c(cc2F)[C@H](NC(=O)O[C@@H]2CN4CCC2CC4)C(C)(C)C3)c1. The number of fused-ring (bicyclic) bond motifs is 4. The lowest BCUT2D eigenvalue weighted by Gasteiger charge is -2.44. The van der Waals surface area contributed by atoms with E-state index in [1.807, 2.05) is 44.2 Å². The lowest BCUT2D eigenvalue weighted by Crippen LogP contribution is -2.53. The minimum atomic E-state index is -0.396. The number of benzene rings is 2. The van der Waals surface area contributed by atoms with Crippen LogP contribution in [0.15, 0.2) is 36.4 Å². The van der Waals surface area contributed by atoms with E-state index in [1.165, 1.54) is 0 Å². The van der Waals surface area contributed by atoms with Gasteiger partial charge in [-0.15, -0.1) is 0 Å². The first-order valence-corrected chi connectivity index (χ1v) is 12.5. The van der Waals surface area contributed by atoms with Crippen LogP contribution >= 0.6 is 0 Å². The molecule has 1 aliphatic carbocycles. The fourth-order valence-corrected chi connectivity index (χ4v) is 5.91. The van der Waals surface area contributed by atoms with Crippen molar-refractivity contribution in [1.82, 2.24) is 10.2 Å². The van der Waals surface area contributed by atoms with E-state index in [0.29, 0.717) is 11.5 Å². The van der Waals surface area contributed by atoms with Crippen molar-refractivity contribution < 1.29 is 18.7 Å². The van der Waals surface area contributed by atoms with Gasteiger partial charge in [0.25, 0.3) is 0 Å². The number of nitrogens with one attached hydrogen (secondary N) is 1. The van der Waals surface area contributed by atoms with Crippen molar-refractivity contribution in [2.24, 2.45) is 11.3 Å². The number of ether oxygens (including phenoxy) is 2. The maximum Gasteiger partial charge on any atom is 0.407 e. The minimum absolute atomic E-state index is 0.0495. The van der Waals surface area contributed by atoms with E-state index in [0.717, 1.165) is 61.3 Å². The van der Waals surface area contributed by atoms with Crippen molar-refractivity contribution in [3.8, 4) is 16.9 Å². The molecule has 4 aliphatic rings. The Labute approximate surface area is 201 Å². The van der Waals surface area contributed by atoms with E-state index < -0.39 is 6.09 Å². The lowest BCUT2D eigenvalue weighted by molar-refractivity contribution is -0.0349. The van der Waals surface area contributed by atoms with Gasteiger partial charge in [0.2, 0.25) is 0 Å².